The van der Waals surface area contributed by atoms with E-state index in [9.17, 15) is 20.4 Å². The Bertz CT molecular complexity index is 6400. The molecule has 0 aliphatic carbocycles. The molecule has 0 bridgehead atoms. The summed E-state index contributed by atoms with van der Waals surface area (Å²) in [6.07, 6.45) is 5.57. The Kier molecular flexibility index (Phi) is 35.4. The normalized spacial score (nSPS) is 10.8. The summed E-state index contributed by atoms with van der Waals surface area (Å²) in [7, 11) is 14.7. The van der Waals surface area contributed by atoms with Gasteiger partial charge in [-0.3, -0.25) is 0 Å². The van der Waals surface area contributed by atoms with Crippen molar-refractivity contribution in [2.45, 2.75) is 72.6 Å². The van der Waals surface area contributed by atoms with Gasteiger partial charge in [0.15, 0.2) is 40.3 Å². The standard InChI is InChI=1S/C29H33N3O4.C27H27Br2N3O.C27H28N2O4.C27H27NO5S/c1-5-32(6-2)22-14-12-20(13-15-22)27-24(16-17-36-23-10-8-7-9-11-23)30-29(31-27)21-18-25(34-3)28(33)26(19-21)35-4;1-3-32(4-2)21-13-11-19(12-14-21)25-24(15-10-18-8-6-5-7-9-18)30-27(31-25)20-16-22(28)26(33)23(29)17-20;1-29(2)21-13-11-19(12-14-21)26-22(15-10-18-8-6-5-7-9-18)28-27(33-26)20-16-23(31-3)25(30)24(17-20)32-4;1-30-20-13-11-18(12-14-20)26-22(10-7-15-33-21-8-5-4-6-9-21)28-27(34-26)19-16-23(31-2)25(29)24(17-19)32-3/h7-15,18-19,33H,5-6,16-17H2,1-4H3,(H,30,31);5-9,11-14,16-17,33H,3-4,10,15H2,1-2H3,(H,30,31);5-9,11-14,16-17,30H,10,15H2,1-4H3;4-6,8-9,11-14,16-17,29H,7,10,15H2,1-3H3. The predicted molar refractivity (Wildman–Crippen MR) is 552 cm³/mol. The maximum Gasteiger partial charge on any atom is 0.227 e. The average Bonchev–Trinajstić information content (AvgIpc) is 1.60. The highest BCUT2D eigenvalue weighted by Gasteiger charge is 2.26. The van der Waals surface area contributed by atoms with Gasteiger partial charge in [-0.05, 0) is 260 Å². The molecule has 0 saturated heterocycles. The fourth-order valence-electron chi connectivity index (χ4n) is 15.5. The van der Waals surface area contributed by atoms with Crippen LogP contribution >= 0.6 is 43.2 Å². The summed E-state index contributed by atoms with van der Waals surface area (Å²) in [4.78, 5) is 34.6. The number of benzene rings is 12. The number of aromatic amines is 2. The lowest BCUT2D eigenvalue weighted by atomic mass is 10.0. The molecule has 0 spiro atoms. The maximum atomic E-state index is 10.3. The molecule has 0 aliphatic rings. The number of phenols is 4. The number of rotatable bonds is 37. The lowest BCUT2D eigenvalue weighted by Gasteiger charge is -2.21. The van der Waals surface area contributed by atoms with Crippen LogP contribution in [0.25, 0.3) is 89.1 Å². The average molecular weight is 1980 g/mol. The number of nitrogens with zero attached hydrogens (tertiary/aromatic N) is 7. The van der Waals surface area contributed by atoms with Crippen molar-refractivity contribution in [2.75, 3.05) is 118 Å². The number of aromatic nitrogens is 6. The number of halogens is 2. The van der Waals surface area contributed by atoms with Crippen molar-refractivity contribution in [3.05, 3.63) is 310 Å². The van der Waals surface area contributed by atoms with E-state index in [0.29, 0.717) is 80.4 Å². The zero-order valence-electron chi connectivity index (χ0n) is 78.8. The highest BCUT2D eigenvalue weighted by Crippen LogP contribution is 2.47. The summed E-state index contributed by atoms with van der Waals surface area (Å²) < 4.78 is 56.7. The van der Waals surface area contributed by atoms with Crippen LogP contribution < -0.4 is 57.3 Å². The minimum atomic E-state index is -0.0564. The molecular formula is C110H115Br2N9O14S. The van der Waals surface area contributed by atoms with Gasteiger partial charge in [0.25, 0.3) is 0 Å². The van der Waals surface area contributed by atoms with Crippen molar-refractivity contribution in [2.24, 2.45) is 0 Å². The van der Waals surface area contributed by atoms with Crippen LogP contribution in [0.15, 0.2) is 280 Å². The van der Waals surface area contributed by atoms with Crippen LogP contribution in [0.3, 0.4) is 0 Å². The molecule has 0 fully saturated rings. The van der Waals surface area contributed by atoms with Crippen molar-refractivity contribution in [1.82, 2.24) is 29.9 Å². The molecule has 16 rings (SSSR count). The van der Waals surface area contributed by atoms with Gasteiger partial charge in [0.2, 0.25) is 23.1 Å². The van der Waals surface area contributed by atoms with E-state index in [1.54, 1.807) is 54.8 Å². The molecule has 0 atom stereocenters. The number of H-pyrrole nitrogens is 2. The van der Waals surface area contributed by atoms with E-state index >= 15 is 0 Å². The molecule has 23 nitrogen and oxygen atoms in total. The third kappa shape index (κ3) is 25.2. The van der Waals surface area contributed by atoms with Gasteiger partial charge in [0, 0.05) is 114 Å². The Labute approximate surface area is 816 Å². The first kappa shape index (κ1) is 99.1. The van der Waals surface area contributed by atoms with Gasteiger partial charge in [-0.2, -0.15) is 0 Å². The number of imidazole rings is 2. The van der Waals surface area contributed by atoms with Crippen molar-refractivity contribution >= 4 is 60.3 Å². The Morgan fingerprint density at radius 1 is 0.346 bits per heavy atom. The fraction of sp³-hybridized carbons (Fsp3) is 0.236. The number of aryl methyl sites for hydroxylation is 5. The summed E-state index contributed by atoms with van der Waals surface area (Å²) in [5.74, 6) is 7.08. The molecule has 4 heterocycles. The Hall–Kier alpha value is -14.3. The van der Waals surface area contributed by atoms with Crippen molar-refractivity contribution < 1.29 is 67.5 Å². The number of hydrogen-bond acceptors (Lipinski definition) is 22. The molecule has 12 aromatic carbocycles. The summed E-state index contributed by atoms with van der Waals surface area (Å²) in [6.45, 7) is 13.6. The summed E-state index contributed by atoms with van der Waals surface area (Å²) in [6, 6.07) is 87.9. The molecule has 0 radical (unpaired) electrons. The molecule has 26 heteroatoms. The fourth-order valence-corrected chi connectivity index (χ4v) is 17.8. The number of ether oxygens (including phenoxy) is 9. The number of anilines is 3. The smallest absolute Gasteiger partial charge is 0.227 e. The molecule has 4 aromatic heterocycles. The summed E-state index contributed by atoms with van der Waals surface area (Å²) in [5, 5.41) is 41.8. The molecule has 6 N–H and O–H groups in total. The predicted octanol–water partition coefficient (Wildman–Crippen LogP) is 25.3. The van der Waals surface area contributed by atoms with Crippen LogP contribution in [-0.4, -0.2) is 154 Å². The summed E-state index contributed by atoms with van der Waals surface area (Å²) in [5.41, 5.74) is 19.1. The van der Waals surface area contributed by atoms with Crippen LogP contribution in [0.5, 0.6) is 74.7 Å². The molecule has 0 amide bonds. The second kappa shape index (κ2) is 48.5. The maximum absolute atomic E-state index is 10.3. The van der Waals surface area contributed by atoms with E-state index in [4.69, 9.17) is 67.0 Å². The quantitative estimate of drug-likeness (QED) is 0.0198. The van der Waals surface area contributed by atoms with Gasteiger partial charge in [-0.15, -0.1) is 11.3 Å². The Morgan fingerprint density at radius 3 is 1.17 bits per heavy atom. The largest absolute Gasteiger partial charge is 0.506 e. The van der Waals surface area contributed by atoms with Crippen molar-refractivity contribution in [1.29, 1.82) is 0 Å². The van der Waals surface area contributed by atoms with E-state index in [1.165, 1.54) is 65.2 Å². The third-order valence-electron chi connectivity index (χ3n) is 22.9. The molecule has 0 saturated carbocycles. The number of methoxy groups -OCH3 is 7. The van der Waals surface area contributed by atoms with E-state index in [1.807, 2.05) is 148 Å². The van der Waals surface area contributed by atoms with Gasteiger partial charge in [-0.1, -0.05) is 121 Å². The lowest BCUT2D eigenvalue weighted by Crippen LogP contribution is -2.21. The van der Waals surface area contributed by atoms with Gasteiger partial charge >= 0.3 is 0 Å². The number of aromatic hydroxyl groups is 4. The van der Waals surface area contributed by atoms with Gasteiger partial charge in [-0.25, -0.2) is 19.9 Å². The molecule has 0 aliphatic heterocycles. The zero-order valence-corrected chi connectivity index (χ0v) is 82.8. The lowest BCUT2D eigenvalue weighted by molar-refractivity contribution is 0.310. The van der Waals surface area contributed by atoms with E-state index in [0.717, 1.165) is 182 Å². The number of oxazole rings is 1. The van der Waals surface area contributed by atoms with Crippen LogP contribution in [0.1, 0.15) is 68.0 Å². The zero-order chi connectivity index (χ0) is 96.2. The van der Waals surface area contributed by atoms with Crippen LogP contribution in [0.4, 0.5) is 17.1 Å². The van der Waals surface area contributed by atoms with Crippen LogP contribution in [-0.2, 0) is 38.5 Å². The number of nitrogens with one attached hydrogen (secondary N) is 2. The van der Waals surface area contributed by atoms with Crippen LogP contribution in [0.2, 0.25) is 0 Å². The Morgan fingerprint density at radius 2 is 0.735 bits per heavy atom. The highest BCUT2D eigenvalue weighted by atomic mass is 79.9. The first-order valence-electron chi connectivity index (χ1n) is 45.0. The molecule has 0 unspecified atom stereocenters. The second-order valence-corrected chi connectivity index (χ2v) is 34.4. The van der Waals surface area contributed by atoms with Crippen LogP contribution in [0, 0.1) is 0 Å². The minimum absolute atomic E-state index is 0.0287. The first-order valence-corrected chi connectivity index (χ1v) is 47.4. The summed E-state index contributed by atoms with van der Waals surface area (Å²) >= 11 is 8.46. The monoisotopic (exact) mass is 1980 g/mol. The third-order valence-corrected chi connectivity index (χ3v) is 25.3. The second-order valence-electron chi connectivity index (χ2n) is 31.6. The van der Waals surface area contributed by atoms with Crippen molar-refractivity contribution in [3.63, 3.8) is 0 Å². The number of para-hydroxylation sites is 2. The SMILES string of the molecule is CCN(CC)c1ccc(-c2nc(-c3cc(Br)c(O)c(Br)c3)[nH]c2CCc2ccccc2)cc1.CCN(CC)c1ccc(-c2nc(-c3cc(OC)c(O)c(OC)c3)[nH]c2CCOc2ccccc2)cc1.COc1cc(-c2nc(CCc3ccccc3)c(-c3ccc(N(C)C)cc3)o2)cc(OC)c1O.COc1ccc(-c2sc(-c3cc(OC)c(O)c(OC)c3)nc2CCCOc2ccccc2)cc1. The molecular weight excluding hydrogens is 1860 g/mol. The van der Waals surface area contributed by atoms with Gasteiger partial charge < -0.3 is 92.1 Å². The van der Waals surface area contributed by atoms with Gasteiger partial charge in [0.05, 0.1) is 99.6 Å². The van der Waals surface area contributed by atoms with E-state index in [-0.39, 0.29) is 23.0 Å². The topological polar surface area (TPSA) is 270 Å². The first-order chi connectivity index (χ1) is 66.2. The highest BCUT2D eigenvalue weighted by molar-refractivity contribution is 9.11. The molecule has 704 valence electrons. The van der Waals surface area contributed by atoms with E-state index < -0.39 is 0 Å². The Balaban J connectivity index is 0.000000153. The number of thiazole rings is 1. The van der Waals surface area contributed by atoms with Gasteiger partial charge in [0.1, 0.15) is 39.7 Å². The van der Waals surface area contributed by atoms with E-state index in [2.05, 4.69) is 181 Å². The minimum Gasteiger partial charge on any atom is -0.506 e. The van der Waals surface area contributed by atoms with Crippen molar-refractivity contribution in [3.8, 4) is 164 Å². The number of hydrogen-bond donors (Lipinski definition) is 6. The molecule has 16 aromatic rings. The number of phenolic OH excluding ortho intramolecular Hbond substituents is 4. The molecule has 136 heavy (non-hydrogen) atoms.